The number of hydrogen-bond donors (Lipinski definition) is 0. The highest BCUT2D eigenvalue weighted by molar-refractivity contribution is 6.19. The molecule has 3 nitrogen and oxygen atoms in total. The summed E-state index contributed by atoms with van der Waals surface area (Å²) in [7, 11) is 2.12. The van der Waals surface area contributed by atoms with Gasteiger partial charge >= 0.3 is 6.09 Å². The van der Waals surface area contributed by atoms with Gasteiger partial charge in [0.1, 0.15) is 13.4 Å². The lowest BCUT2D eigenvalue weighted by molar-refractivity contribution is 0.0129. The fraction of sp³-hybridized carbons (Fsp3) is 0.350. The van der Waals surface area contributed by atoms with Gasteiger partial charge in [0.15, 0.2) is 0 Å². The standard InChI is InChI=1S/C20H24BNO2/c1-19(2,3)24-18(23)22-14-13-15-9-7-8-12-17(15)20(22,21)16-10-5-4-6-11-16/h4-12H,13-14,21H2,1-3H3/t20-/m0/s1. The van der Waals surface area contributed by atoms with Crippen LogP contribution in [0.15, 0.2) is 54.6 Å². The van der Waals surface area contributed by atoms with Gasteiger partial charge < -0.3 is 9.64 Å². The van der Waals surface area contributed by atoms with E-state index in [1.54, 1.807) is 0 Å². The summed E-state index contributed by atoms with van der Waals surface area (Å²) in [6.45, 7) is 6.37. The van der Waals surface area contributed by atoms with E-state index in [4.69, 9.17) is 4.74 Å². The molecule has 3 rings (SSSR count). The Labute approximate surface area is 145 Å². The fourth-order valence-corrected chi connectivity index (χ4v) is 3.48. The fourth-order valence-electron chi connectivity index (χ4n) is 3.48. The first-order chi connectivity index (χ1) is 11.3. The van der Waals surface area contributed by atoms with Crippen LogP contribution in [-0.2, 0) is 16.6 Å². The van der Waals surface area contributed by atoms with Crippen molar-refractivity contribution in [2.45, 2.75) is 38.2 Å². The number of fused-ring (bicyclic) bond motifs is 1. The van der Waals surface area contributed by atoms with E-state index in [0.717, 1.165) is 12.0 Å². The molecule has 0 N–H and O–H groups in total. The normalized spacial score (nSPS) is 20.4. The minimum absolute atomic E-state index is 0.261. The first kappa shape index (κ1) is 16.6. The van der Waals surface area contributed by atoms with E-state index in [1.165, 1.54) is 11.1 Å². The van der Waals surface area contributed by atoms with Crippen molar-refractivity contribution in [2.75, 3.05) is 6.54 Å². The lowest BCUT2D eigenvalue weighted by Crippen LogP contribution is -2.55. The summed E-state index contributed by atoms with van der Waals surface area (Å²) in [5.41, 5.74) is 2.53. The summed E-state index contributed by atoms with van der Waals surface area (Å²) in [5.74, 6) is 0. The first-order valence-electron chi connectivity index (χ1n) is 8.47. The van der Waals surface area contributed by atoms with Crippen LogP contribution >= 0.6 is 0 Å². The summed E-state index contributed by atoms with van der Waals surface area (Å²) in [6, 6.07) is 18.6. The number of amides is 1. The highest BCUT2D eigenvalue weighted by Crippen LogP contribution is 2.39. The van der Waals surface area contributed by atoms with Crippen molar-refractivity contribution in [3.05, 3.63) is 71.3 Å². The van der Waals surface area contributed by atoms with Crippen LogP contribution in [0.4, 0.5) is 4.79 Å². The van der Waals surface area contributed by atoms with E-state index in [2.05, 4.69) is 38.2 Å². The Morgan fingerprint density at radius 3 is 2.38 bits per heavy atom. The van der Waals surface area contributed by atoms with Gasteiger partial charge in [-0.3, -0.25) is 0 Å². The van der Waals surface area contributed by atoms with Crippen LogP contribution in [0.1, 0.15) is 37.5 Å². The van der Waals surface area contributed by atoms with E-state index in [0.29, 0.717) is 6.54 Å². The van der Waals surface area contributed by atoms with Gasteiger partial charge in [0.2, 0.25) is 0 Å². The van der Waals surface area contributed by atoms with Crippen LogP contribution in [0.5, 0.6) is 0 Å². The topological polar surface area (TPSA) is 29.5 Å². The highest BCUT2D eigenvalue weighted by Gasteiger charge is 2.43. The van der Waals surface area contributed by atoms with Crippen molar-refractivity contribution in [3.8, 4) is 0 Å². The summed E-state index contributed by atoms with van der Waals surface area (Å²) in [5, 5.41) is 0. The summed E-state index contributed by atoms with van der Waals surface area (Å²) >= 11 is 0. The third-order valence-corrected chi connectivity index (χ3v) is 4.64. The molecule has 0 spiro atoms. The molecule has 2 aromatic rings. The molecule has 0 fully saturated rings. The van der Waals surface area contributed by atoms with E-state index in [1.807, 2.05) is 49.9 Å². The molecule has 124 valence electrons. The summed E-state index contributed by atoms with van der Waals surface area (Å²) in [4.78, 5) is 14.8. The summed E-state index contributed by atoms with van der Waals surface area (Å²) < 4.78 is 5.70. The molecular formula is C20H24BNO2. The van der Waals surface area contributed by atoms with E-state index in [-0.39, 0.29) is 6.09 Å². The first-order valence-corrected chi connectivity index (χ1v) is 8.47. The maximum atomic E-state index is 12.9. The Kier molecular flexibility index (Phi) is 4.16. The molecule has 0 saturated heterocycles. The predicted molar refractivity (Wildman–Crippen MR) is 98.9 cm³/mol. The number of carbonyl (C=O) groups is 1. The molecule has 0 unspecified atom stereocenters. The van der Waals surface area contributed by atoms with Gasteiger partial charge in [0.25, 0.3) is 0 Å². The van der Waals surface area contributed by atoms with Crippen LogP contribution in [0.2, 0.25) is 0 Å². The molecule has 1 amide bonds. The Balaban J connectivity index is 2.11. The van der Waals surface area contributed by atoms with Crippen LogP contribution in [0.25, 0.3) is 0 Å². The number of ether oxygens (including phenoxy) is 1. The zero-order valence-corrected chi connectivity index (χ0v) is 14.9. The molecule has 4 heteroatoms. The number of carbonyl (C=O) groups excluding carboxylic acids is 1. The molecule has 0 aromatic heterocycles. The van der Waals surface area contributed by atoms with Gasteiger partial charge in [-0.2, -0.15) is 0 Å². The Morgan fingerprint density at radius 1 is 1.08 bits per heavy atom. The molecular weight excluding hydrogens is 297 g/mol. The van der Waals surface area contributed by atoms with Crippen molar-refractivity contribution < 1.29 is 9.53 Å². The van der Waals surface area contributed by atoms with E-state index < -0.39 is 11.0 Å². The van der Waals surface area contributed by atoms with Crippen molar-refractivity contribution >= 4 is 13.9 Å². The molecule has 0 aliphatic carbocycles. The number of hydrogen-bond acceptors (Lipinski definition) is 2. The highest BCUT2D eigenvalue weighted by atomic mass is 16.6. The molecule has 0 radical (unpaired) electrons. The molecule has 1 heterocycles. The van der Waals surface area contributed by atoms with Crippen LogP contribution in [0, 0.1) is 0 Å². The second-order valence-corrected chi connectivity index (χ2v) is 7.48. The summed E-state index contributed by atoms with van der Waals surface area (Å²) in [6.07, 6.45) is 0.584. The number of benzene rings is 2. The smallest absolute Gasteiger partial charge is 0.410 e. The Hall–Kier alpha value is -2.23. The number of nitrogens with zero attached hydrogens (tertiary/aromatic N) is 1. The van der Waals surface area contributed by atoms with Gasteiger partial charge in [0, 0.05) is 6.54 Å². The van der Waals surface area contributed by atoms with Crippen molar-refractivity contribution in [1.82, 2.24) is 4.90 Å². The molecule has 1 aliphatic heterocycles. The van der Waals surface area contributed by atoms with Crippen LogP contribution in [-0.4, -0.2) is 31.0 Å². The maximum absolute atomic E-state index is 12.9. The third-order valence-electron chi connectivity index (χ3n) is 4.64. The second-order valence-electron chi connectivity index (χ2n) is 7.48. The maximum Gasteiger partial charge on any atom is 0.410 e. The zero-order chi connectivity index (χ0) is 17.4. The lowest BCUT2D eigenvalue weighted by atomic mass is 9.63. The third kappa shape index (κ3) is 2.93. The van der Waals surface area contributed by atoms with Gasteiger partial charge in [-0.1, -0.05) is 54.6 Å². The van der Waals surface area contributed by atoms with Gasteiger partial charge in [-0.25, -0.2) is 4.79 Å². The largest absolute Gasteiger partial charge is 0.444 e. The second kappa shape index (κ2) is 6.01. The van der Waals surface area contributed by atoms with Gasteiger partial charge in [0.05, 0.1) is 5.44 Å². The van der Waals surface area contributed by atoms with Crippen molar-refractivity contribution in [1.29, 1.82) is 0 Å². The monoisotopic (exact) mass is 321 g/mol. The van der Waals surface area contributed by atoms with E-state index >= 15 is 0 Å². The minimum atomic E-state index is -0.529. The zero-order valence-electron chi connectivity index (χ0n) is 14.9. The molecule has 0 bridgehead atoms. The van der Waals surface area contributed by atoms with Crippen LogP contribution in [0.3, 0.4) is 0 Å². The molecule has 2 aromatic carbocycles. The Morgan fingerprint density at radius 2 is 1.71 bits per heavy atom. The average Bonchev–Trinajstić information content (AvgIpc) is 2.54. The molecule has 1 aliphatic rings. The quantitative estimate of drug-likeness (QED) is 0.754. The van der Waals surface area contributed by atoms with Gasteiger partial charge in [-0.05, 0) is 43.9 Å². The van der Waals surface area contributed by atoms with Gasteiger partial charge in [-0.15, -0.1) is 0 Å². The predicted octanol–water partition coefficient (Wildman–Crippen LogP) is 3.31. The van der Waals surface area contributed by atoms with Crippen molar-refractivity contribution in [3.63, 3.8) is 0 Å². The minimum Gasteiger partial charge on any atom is -0.444 e. The van der Waals surface area contributed by atoms with Crippen molar-refractivity contribution in [2.24, 2.45) is 0 Å². The molecule has 0 saturated carbocycles. The van der Waals surface area contributed by atoms with Crippen LogP contribution < -0.4 is 0 Å². The average molecular weight is 321 g/mol. The molecule has 1 atom stereocenters. The Bertz CT molecular complexity index is 739. The molecule has 24 heavy (non-hydrogen) atoms. The number of rotatable bonds is 1. The van der Waals surface area contributed by atoms with E-state index in [9.17, 15) is 4.79 Å². The SMILES string of the molecule is B[C@]1(c2ccccc2)c2ccccc2CCN1C(=O)OC(C)(C)C. The lowest BCUT2D eigenvalue weighted by Gasteiger charge is -2.47.